The van der Waals surface area contributed by atoms with Crippen molar-refractivity contribution in [1.82, 2.24) is 9.55 Å². The topological polar surface area (TPSA) is 33.5 Å². The number of pyridine rings is 1. The number of benzene rings is 8. The molecule has 10 aromatic rings. The molecule has 0 saturated heterocycles. The van der Waals surface area contributed by atoms with Crippen molar-refractivity contribution < 1.29 is 25.8 Å². The van der Waals surface area contributed by atoms with E-state index in [0.717, 1.165) is 55.9 Å². The van der Waals surface area contributed by atoms with Gasteiger partial charge in [-0.25, -0.2) is 4.98 Å². The maximum atomic E-state index is 6.80. The van der Waals surface area contributed by atoms with Gasteiger partial charge in [-0.05, 0) is 103 Å². The van der Waals surface area contributed by atoms with E-state index >= 15 is 0 Å². The fourth-order valence-corrected chi connectivity index (χ4v) is 10.3. The molecule has 6 heteroatoms. The van der Waals surface area contributed by atoms with E-state index in [-0.39, 0.29) is 42.7 Å². The fraction of sp³-hybridized carbons (Fsp3) is 0.206. The van der Waals surface area contributed by atoms with Gasteiger partial charge < -0.3 is 19.1 Å². The number of hydrogen-bond donors (Lipinski definition) is 0. The number of ether oxygens (including phenoxy) is 1. The third-order valence-corrected chi connectivity index (χ3v) is 15.1. The van der Waals surface area contributed by atoms with Gasteiger partial charge in [-0.15, -0.1) is 48.1 Å². The van der Waals surface area contributed by atoms with Gasteiger partial charge in [0.15, 0.2) is 0 Å². The molecule has 74 heavy (non-hydrogen) atoms. The van der Waals surface area contributed by atoms with E-state index in [9.17, 15) is 0 Å². The molecular weight excluding hydrogens is 1080 g/mol. The average molecular weight is 1150 g/mol. The first-order valence-corrected chi connectivity index (χ1v) is 25.5. The molecule has 1 aliphatic rings. The van der Waals surface area contributed by atoms with Gasteiger partial charge in [0, 0.05) is 72.2 Å². The number of anilines is 4. The first-order chi connectivity index (χ1) is 34.9. The summed E-state index contributed by atoms with van der Waals surface area (Å²) in [5.41, 5.74) is 15.2. The van der Waals surface area contributed by atoms with E-state index in [1.54, 1.807) is 0 Å². The third-order valence-electron chi connectivity index (χ3n) is 15.1. The minimum absolute atomic E-state index is 0. The van der Waals surface area contributed by atoms with Crippen molar-refractivity contribution in [2.75, 3.05) is 9.80 Å². The summed E-state index contributed by atoms with van der Waals surface area (Å²) >= 11 is 0. The minimum Gasteiger partial charge on any atom is -0.509 e. The van der Waals surface area contributed by atoms with E-state index in [1.165, 1.54) is 38.9 Å². The maximum Gasteiger partial charge on any atom is 0.135 e. The predicted octanol–water partition coefficient (Wildman–Crippen LogP) is 17.9. The van der Waals surface area contributed by atoms with Crippen LogP contribution in [0.3, 0.4) is 0 Å². The second-order valence-corrected chi connectivity index (χ2v) is 22.7. The molecule has 374 valence electrons. The van der Waals surface area contributed by atoms with Crippen LogP contribution in [0.15, 0.2) is 194 Å². The second kappa shape index (κ2) is 19.3. The fourth-order valence-electron chi connectivity index (χ4n) is 10.3. The Morgan fingerprint density at radius 2 is 1.07 bits per heavy atom. The average Bonchev–Trinajstić information content (AvgIpc) is 3.95. The van der Waals surface area contributed by atoms with Crippen molar-refractivity contribution in [2.24, 2.45) is 0 Å². The molecular formula is C68H63N4OPt-3. The van der Waals surface area contributed by atoms with Crippen LogP contribution in [0.5, 0.6) is 11.5 Å². The normalized spacial score (nSPS) is 13.1. The zero-order valence-corrected chi connectivity index (χ0v) is 46.3. The Bertz CT molecular complexity index is 3660. The van der Waals surface area contributed by atoms with Crippen molar-refractivity contribution in [3.63, 3.8) is 0 Å². The van der Waals surface area contributed by atoms with Gasteiger partial charge in [-0.1, -0.05) is 190 Å². The molecule has 0 bridgehead atoms. The molecule has 5 nitrogen and oxygen atoms in total. The Balaban J connectivity index is 0.00000626. The van der Waals surface area contributed by atoms with Crippen LogP contribution in [0.1, 0.15) is 103 Å². The smallest absolute Gasteiger partial charge is 0.135 e. The van der Waals surface area contributed by atoms with Gasteiger partial charge in [0.05, 0.1) is 0 Å². The zero-order valence-electron chi connectivity index (χ0n) is 44.1. The van der Waals surface area contributed by atoms with Crippen LogP contribution < -0.4 is 14.5 Å². The molecule has 0 N–H and O–H groups in total. The van der Waals surface area contributed by atoms with Crippen LogP contribution >= 0.6 is 0 Å². The molecule has 1 aliphatic heterocycles. The summed E-state index contributed by atoms with van der Waals surface area (Å²) in [6.45, 7) is 25.0. The minimum atomic E-state index is -0.281. The number of hydrogen-bond acceptors (Lipinski definition) is 4. The van der Waals surface area contributed by atoms with Crippen molar-refractivity contribution in [3.05, 3.63) is 246 Å². The summed E-state index contributed by atoms with van der Waals surface area (Å²) in [5.74, 6) is 2.04. The van der Waals surface area contributed by atoms with E-state index in [0.29, 0.717) is 11.5 Å². The predicted molar refractivity (Wildman–Crippen MR) is 304 cm³/mol. The summed E-state index contributed by atoms with van der Waals surface area (Å²) in [5, 5.41) is 2.26. The van der Waals surface area contributed by atoms with Gasteiger partial charge in [-0.3, -0.25) is 0 Å². The van der Waals surface area contributed by atoms with E-state index in [2.05, 4.69) is 272 Å². The van der Waals surface area contributed by atoms with Gasteiger partial charge in [0.1, 0.15) is 5.82 Å². The monoisotopic (exact) mass is 1150 g/mol. The Kier molecular flexibility index (Phi) is 13.1. The van der Waals surface area contributed by atoms with Gasteiger partial charge in [0.25, 0.3) is 0 Å². The largest absolute Gasteiger partial charge is 0.509 e. The number of rotatable bonds is 10. The van der Waals surface area contributed by atoms with Crippen molar-refractivity contribution in [1.29, 1.82) is 0 Å². The van der Waals surface area contributed by atoms with Crippen LogP contribution in [0.2, 0.25) is 0 Å². The van der Waals surface area contributed by atoms with Crippen molar-refractivity contribution >= 4 is 44.6 Å². The van der Waals surface area contributed by atoms with E-state index < -0.39 is 0 Å². The summed E-state index contributed by atoms with van der Waals surface area (Å²) in [7, 11) is 0. The molecule has 2 aromatic heterocycles. The number of fused-ring (bicyclic) bond motifs is 4. The van der Waals surface area contributed by atoms with E-state index in [4.69, 9.17) is 9.72 Å². The summed E-state index contributed by atoms with van der Waals surface area (Å²) in [4.78, 5) is 9.54. The third kappa shape index (κ3) is 9.37. The molecule has 0 unspecified atom stereocenters. The molecule has 0 amide bonds. The Hall–Kier alpha value is -7.20. The van der Waals surface area contributed by atoms with Crippen LogP contribution in [0, 0.1) is 18.8 Å². The Morgan fingerprint density at radius 3 is 1.74 bits per heavy atom. The first kappa shape index (κ1) is 50.3. The molecule has 0 aliphatic carbocycles. The molecule has 3 heterocycles. The molecule has 0 radical (unpaired) electrons. The number of nitrogens with zero attached hydrogens (tertiary/aromatic N) is 4. The van der Waals surface area contributed by atoms with Gasteiger partial charge in [-0.2, -0.15) is 12.1 Å². The summed E-state index contributed by atoms with van der Waals surface area (Å²) in [6.07, 6.45) is 1.92. The molecule has 0 spiro atoms. The maximum absolute atomic E-state index is 6.80. The molecule has 11 rings (SSSR count). The summed E-state index contributed by atoms with van der Waals surface area (Å²) < 4.78 is 9.04. The van der Waals surface area contributed by atoms with E-state index in [1.807, 2.05) is 24.4 Å². The first-order valence-electron chi connectivity index (χ1n) is 25.5. The van der Waals surface area contributed by atoms with Gasteiger partial charge in [0.2, 0.25) is 0 Å². The number of aromatic nitrogens is 2. The van der Waals surface area contributed by atoms with Crippen LogP contribution in [-0.2, 0) is 42.7 Å². The van der Waals surface area contributed by atoms with Crippen LogP contribution in [0.25, 0.3) is 38.8 Å². The van der Waals surface area contributed by atoms with Crippen LogP contribution in [0.4, 0.5) is 22.7 Å². The second-order valence-electron chi connectivity index (χ2n) is 22.7. The quantitative estimate of drug-likeness (QED) is 0.128. The summed E-state index contributed by atoms with van der Waals surface area (Å²) in [6, 6.07) is 75.1. The van der Waals surface area contributed by atoms with Crippen molar-refractivity contribution in [3.8, 4) is 28.4 Å². The van der Waals surface area contributed by atoms with Crippen LogP contribution in [-0.4, -0.2) is 9.55 Å². The van der Waals surface area contributed by atoms with Gasteiger partial charge >= 0.3 is 0 Å². The SMILES string of the molecule is CC(C)(C)c1ccnc(-n2c3[c-]c(Oc4[c-]c(N5[CH-]N(c6cc(-c7ccccc7)cc(C(C)(C)c7ccccc7)c6)c6cc(C(C)(C)c7ccccc7)ccc65)ccc4)ccc3c3cc(C(C)(C)C)ccc32)c1.[Pt]. The Labute approximate surface area is 452 Å². The zero-order chi connectivity index (χ0) is 50.9. The molecule has 0 fully saturated rings. The molecule has 0 atom stereocenters. The standard InChI is InChI=1S/C68H63N4O.Pt/c1-65(2,3)50-29-33-60-59(40-50)58-32-31-57(44-62(58)72(60)64-42-51(35-36-69-64)66(4,5)6)73-56-28-20-27-54(43-56)70-45-71(63-41-52(30-34-61(63)70)67(7,8)48-23-16-12-17-24-48)55-38-47(46-21-14-11-15-22-46)37-53(39-55)68(9,10)49-25-18-13-19-26-49;/h11-42,45H,1-10H3;/q-3;. The van der Waals surface area contributed by atoms with Crippen molar-refractivity contribution in [2.45, 2.75) is 90.9 Å². The molecule has 0 saturated carbocycles. The molecule has 8 aromatic carbocycles. The Morgan fingerprint density at radius 1 is 0.446 bits per heavy atom.